The Kier molecular flexibility index (Phi) is 7.88. The van der Waals surface area contributed by atoms with E-state index in [1.807, 2.05) is 26.8 Å². The SMILES string of the molecule is CC(C)(C)OC(=O)N1CCC(Nc2nccc(-c3cc(C#N)c4c(c3)CCN4C(=O)Cc3ccccc3F)n2)CC1. The molecule has 0 atom stereocenters. The van der Waals surface area contributed by atoms with Crippen LogP contribution >= 0.6 is 0 Å². The van der Waals surface area contributed by atoms with E-state index < -0.39 is 11.4 Å². The molecule has 10 heteroatoms. The number of likely N-dealkylation sites (tertiary alicyclic amines) is 1. The fraction of sp³-hybridized carbons (Fsp3) is 0.387. The smallest absolute Gasteiger partial charge is 0.410 e. The highest BCUT2D eigenvalue weighted by molar-refractivity contribution is 5.98. The molecule has 0 saturated carbocycles. The number of carbonyl (C=O) groups is 2. The van der Waals surface area contributed by atoms with Gasteiger partial charge < -0.3 is 19.9 Å². The summed E-state index contributed by atoms with van der Waals surface area (Å²) in [6.07, 6.45) is 3.36. The molecular weight excluding hydrogens is 523 g/mol. The molecule has 3 heterocycles. The first-order valence-electron chi connectivity index (χ1n) is 13.8. The van der Waals surface area contributed by atoms with Crippen LogP contribution in [0.15, 0.2) is 48.7 Å². The topological polar surface area (TPSA) is 111 Å². The zero-order valence-electron chi connectivity index (χ0n) is 23.5. The Morgan fingerprint density at radius 1 is 1.15 bits per heavy atom. The summed E-state index contributed by atoms with van der Waals surface area (Å²) in [6, 6.07) is 14.1. The van der Waals surface area contributed by atoms with Gasteiger partial charge in [-0.25, -0.2) is 19.2 Å². The monoisotopic (exact) mass is 556 g/mol. The molecule has 3 aromatic rings. The van der Waals surface area contributed by atoms with Crippen LogP contribution in [-0.4, -0.2) is 58.1 Å². The van der Waals surface area contributed by atoms with Gasteiger partial charge in [-0.15, -0.1) is 0 Å². The van der Waals surface area contributed by atoms with E-state index in [4.69, 9.17) is 9.72 Å². The number of halogens is 1. The molecule has 1 saturated heterocycles. The number of nitriles is 1. The molecule has 0 bridgehead atoms. The van der Waals surface area contributed by atoms with E-state index in [9.17, 15) is 19.2 Å². The van der Waals surface area contributed by atoms with Crippen LogP contribution < -0.4 is 10.2 Å². The normalized spacial score (nSPS) is 15.3. The summed E-state index contributed by atoms with van der Waals surface area (Å²) in [5.41, 5.74) is 3.05. The van der Waals surface area contributed by atoms with Crippen LogP contribution in [0.25, 0.3) is 11.3 Å². The van der Waals surface area contributed by atoms with Crippen molar-refractivity contribution in [2.24, 2.45) is 0 Å². The van der Waals surface area contributed by atoms with E-state index in [0.29, 0.717) is 54.5 Å². The third kappa shape index (κ3) is 6.46. The predicted molar refractivity (Wildman–Crippen MR) is 153 cm³/mol. The zero-order valence-corrected chi connectivity index (χ0v) is 23.5. The minimum absolute atomic E-state index is 0.0730. The van der Waals surface area contributed by atoms with Gasteiger partial charge in [-0.3, -0.25) is 4.79 Å². The molecule has 0 spiro atoms. The van der Waals surface area contributed by atoms with Gasteiger partial charge in [0.05, 0.1) is 23.4 Å². The Balaban J connectivity index is 1.28. The van der Waals surface area contributed by atoms with Crippen molar-refractivity contribution in [1.29, 1.82) is 5.26 Å². The fourth-order valence-electron chi connectivity index (χ4n) is 5.24. The lowest BCUT2D eigenvalue weighted by molar-refractivity contribution is -0.117. The van der Waals surface area contributed by atoms with E-state index in [0.717, 1.165) is 24.0 Å². The molecule has 9 nitrogen and oxygen atoms in total. The molecule has 2 amide bonds. The molecule has 1 N–H and O–H groups in total. The number of piperidine rings is 1. The maximum atomic E-state index is 14.1. The second-order valence-corrected chi connectivity index (χ2v) is 11.4. The van der Waals surface area contributed by atoms with Crippen molar-refractivity contribution in [2.45, 2.75) is 58.1 Å². The van der Waals surface area contributed by atoms with E-state index >= 15 is 0 Å². The molecule has 5 rings (SSSR count). The van der Waals surface area contributed by atoms with E-state index in [1.165, 1.54) is 6.07 Å². The lowest BCUT2D eigenvalue weighted by Gasteiger charge is -2.33. The maximum absolute atomic E-state index is 14.1. The van der Waals surface area contributed by atoms with Crippen LogP contribution in [0.2, 0.25) is 0 Å². The molecular formula is C31H33FN6O3. The molecule has 2 aliphatic rings. The number of nitrogens with zero attached hydrogens (tertiary/aromatic N) is 5. The van der Waals surface area contributed by atoms with Crippen LogP contribution in [0.5, 0.6) is 0 Å². The number of benzene rings is 2. The van der Waals surface area contributed by atoms with Gasteiger partial charge in [0, 0.05) is 37.4 Å². The van der Waals surface area contributed by atoms with Gasteiger partial charge in [-0.05, 0) is 75.4 Å². The van der Waals surface area contributed by atoms with Crippen LogP contribution in [0.4, 0.5) is 20.8 Å². The van der Waals surface area contributed by atoms with Gasteiger partial charge in [-0.1, -0.05) is 18.2 Å². The van der Waals surface area contributed by atoms with Crippen LogP contribution in [0.3, 0.4) is 0 Å². The second kappa shape index (κ2) is 11.5. The number of hydrogen-bond donors (Lipinski definition) is 1. The quantitative estimate of drug-likeness (QED) is 0.466. The molecule has 212 valence electrons. The fourth-order valence-corrected chi connectivity index (χ4v) is 5.24. The lowest BCUT2D eigenvalue weighted by Crippen LogP contribution is -2.44. The number of aromatic nitrogens is 2. The van der Waals surface area contributed by atoms with Crippen LogP contribution in [0.1, 0.15) is 50.3 Å². The molecule has 0 unspecified atom stereocenters. The third-order valence-electron chi connectivity index (χ3n) is 7.22. The van der Waals surface area contributed by atoms with Crippen molar-refractivity contribution in [1.82, 2.24) is 14.9 Å². The van der Waals surface area contributed by atoms with E-state index in [-0.39, 0.29) is 24.5 Å². The number of nitrogens with one attached hydrogen (secondary N) is 1. The van der Waals surface area contributed by atoms with Gasteiger partial charge in [0.25, 0.3) is 0 Å². The number of anilines is 2. The van der Waals surface area contributed by atoms with Crippen LogP contribution in [0, 0.1) is 17.1 Å². The average molecular weight is 557 g/mol. The highest BCUT2D eigenvalue weighted by atomic mass is 19.1. The van der Waals surface area contributed by atoms with Gasteiger partial charge in [0.15, 0.2) is 0 Å². The molecule has 0 aliphatic carbocycles. The average Bonchev–Trinajstić information content (AvgIpc) is 3.38. The molecule has 2 aromatic carbocycles. The molecule has 41 heavy (non-hydrogen) atoms. The first-order valence-corrected chi connectivity index (χ1v) is 13.8. The molecule has 1 aromatic heterocycles. The first-order chi connectivity index (χ1) is 19.6. The van der Waals surface area contributed by atoms with Crippen LogP contribution in [-0.2, 0) is 22.4 Å². The summed E-state index contributed by atoms with van der Waals surface area (Å²) in [5, 5.41) is 13.4. The van der Waals surface area contributed by atoms with E-state index in [1.54, 1.807) is 46.3 Å². The van der Waals surface area contributed by atoms with E-state index in [2.05, 4.69) is 16.4 Å². The Morgan fingerprint density at radius 2 is 1.90 bits per heavy atom. The summed E-state index contributed by atoms with van der Waals surface area (Å²) in [4.78, 5) is 37.9. The minimum Gasteiger partial charge on any atom is -0.444 e. The highest BCUT2D eigenvalue weighted by Crippen LogP contribution is 2.36. The van der Waals surface area contributed by atoms with Crippen molar-refractivity contribution in [3.63, 3.8) is 0 Å². The summed E-state index contributed by atoms with van der Waals surface area (Å²) in [6.45, 7) is 7.15. The summed E-state index contributed by atoms with van der Waals surface area (Å²) >= 11 is 0. The number of hydrogen-bond acceptors (Lipinski definition) is 7. The Hall–Kier alpha value is -4.52. The number of rotatable bonds is 5. The van der Waals surface area contributed by atoms with Gasteiger partial charge >= 0.3 is 6.09 Å². The van der Waals surface area contributed by atoms with Crippen molar-refractivity contribution >= 4 is 23.6 Å². The molecule has 0 radical (unpaired) electrons. The van der Waals surface area contributed by atoms with Gasteiger partial charge in [-0.2, -0.15) is 5.26 Å². The second-order valence-electron chi connectivity index (χ2n) is 11.4. The Morgan fingerprint density at radius 3 is 2.61 bits per heavy atom. The summed E-state index contributed by atoms with van der Waals surface area (Å²) in [7, 11) is 0. The largest absolute Gasteiger partial charge is 0.444 e. The predicted octanol–water partition coefficient (Wildman–Crippen LogP) is 5.10. The van der Waals surface area contributed by atoms with Gasteiger partial charge in [0.1, 0.15) is 17.5 Å². The minimum atomic E-state index is -0.529. The third-order valence-corrected chi connectivity index (χ3v) is 7.22. The van der Waals surface area contributed by atoms with Crippen molar-refractivity contribution in [3.8, 4) is 17.3 Å². The van der Waals surface area contributed by atoms with Crippen molar-refractivity contribution in [2.75, 3.05) is 29.9 Å². The number of ether oxygens (including phenoxy) is 1. The van der Waals surface area contributed by atoms with Crippen molar-refractivity contribution < 1.29 is 18.7 Å². The molecule has 2 aliphatic heterocycles. The Labute approximate surface area is 239 Å². The maximum Gasteiger partial charge on any atom is 0.410 e. The zero-order chi connectivity index (χ0) is 29.1. The Bertz CT molecular complexity index is 1500. The first kappa shape index (κ1) is 28.0. The summed E-state index contributed by atoms with van der Waals surface area (Å²) in [5.74, 6) is -0.193. The highest BCUT2D eigenvalue weighted by Gasteiger charge is 2.30. The summed E-state index contributed by atoms with van der Waals surface area (Å²) < 4.78 is 19.6. The van der Waals surface area contributed by atoms with Gasteiger partial charge in [0.2, 0.25) is 11.9 Å². The standard InChI is InChI=1S/C31H33FN6O3/c1-31(2,3)41-30(40)37-13-10-24(11-14-37)35-29-34-12-8-26(36-29)22-16-21-9-15-38(28(21)23(17-22)19-33)27(39)18-20-6-4-5-7-25(20)32/h4-8,12,16-17,24H,9-11,13-15,18H2,1-3H3,(H,34,35,36). The number of carbonyl (C=O) groups excluding carboxylic acids is 2. The number of amides is 2. The number of fused-ring (bicyclic) bond motifs is 1. The van der Waals surface area contributed by atoms with Crippen molar-refractivity contribution in [3.05, 3.63) is 71.2 Å². The lowest BCUT2D eigenvalue weighted by atomic mass is 10.0. The molecule has 1 fully saturated rings.